The minimum absolute atomic E-state index is 0.160. The summed E-state index contributed by atoms with van der Waals surface area (Å²) < 4.78 is 5.83. The molecule has 1 saturated carbocycles. The minimum Gasteiger partial charge on any atom is -0.504 e. The number of carbonyl (C=O) groups excluding carboxylic acids is 3. The Kier molecular flexibility index (Phi) is 8.60. The predicted octanol–water partition coefficient (Wildman–Crippen LogP) is 4.39. The Hall–Kier alpha value is -3.03. The van der Waals surface area contributed by atoms with Gasteiger partial charge < -0.3 is 25.2 Å². The molecule has 4 unspecified atom stereocenters. The third-order valence-electron chi connectivity index (χ3n) is 8.78. The van der Waals surface area contributed by atoms with E-state index in [9.17, 15) is 24.6 Å². The molecule has 8 heteroatoms. The van der Waals surface area contributed by atoms with E-state index >= 15 is 0 Å². The molecule has 3 rings (SSSR count). The van der Waals surface area contributed by atoms with Crippen molar-refractivity contribution in [3.63, 3.8) is 0 Å². The maximum Gasteiger partial charge on any atom is 0.329 e. The molecular weight excluding hydrogens is 472 g/mol. The molecule has 0 aromatic heterocycles. The number of amides is 2. The lowest BCUT2D eigenvalue weighted by atomic mass is 9.66. The lowest BCUT2D eigenvalue weighted by molar-refractivity contribution is -0.158. The van der Waals surface area contributed by atoms with Gasteiger partial charge in [-0.3, -0.25) is 9.59 Å². The van der Waals surface area contributed by atoms with Gasteiger partial charge in [-0.25, -0.2) is 4.79 Å². The highest BCUT2D eigenvalue weighted by atomic mass is 16.5. The van der Waals surface area contributed by atoms with Gasteiger partial charge in [0.05, 0.1) is 6.10 Å². The van der Waals surface area contributed by atoms with E-state index in [1.165, 1.54) is 29.2 Å². The number of ether oxygens (including phenoxy) is 1. The first-order chi connectivity index (χ1) is 17.2. The van der Waals surface area contributed by atoms with Crippen molar-refractivity contribution in [2.75, 3.05) is 6.54 Å². The molecule has 2 amide bonds. The number of likely N-dealkylation sites (tertiary alicyclic amines) is 1. The zero-order valence-electron chi connectivity index (χ0n) is 22.9. The van der Waals surface area contributed by atoms with Gasteiger partial charge in [-0.15, -0.1) is 0 Å². The molecular formula is C29H42N2O6. The Bertz CT molecular complexity index is 1050. The molecule has 4 atom stereocenters. The number of hydrogen-bond donors (Lipinski definition) is 3. The molecule has 37 heavy (non-hydrogen) atoms. The largest absolute Gasteiger partial charge is 0.504 e. The van der Waals surface area contributed by atoms with Gasteiger partial charge in [0.1, 0.15) is 12.1 Å². The van der Waals surface area contributed by atoms with Crippen LogP contribution in [0, 0.1) is 16.7 Å². The van der Waals surface area contributed by atoms with Crippen LogP contribution in [0.2, 0.25) is 0 Å². The molecule has 1 aliphatic heterocycles. The van der Waals surface area contributed by atoms with Crippen LogP contribution in [0.15, 0.2) is 24.3 Å². The molecule has 3 N–H and O–H groups in total. The fraction of sp³-hybridized carbons (Fsp3) is 0.621. The highest BCUT2D eigenvalue weighted by Gasteiger charge is 2.48. The molecule has 0 spiro atoms. The molecule has 1 aromatic rings. The van der Waals surface area contributed by atoms with E-state index < -0.39 is 18.0 Å². The molecule has 0 bridgehead atoms. The molecule has 1 saturated heterocycles. The van der Waals surface area contributed by atoms with Gasteiger partial charge in [-0.2, -0.15) is 0 Å². The van der Waals surface area contributed by atoms with Gasteiger partial charge in [0, 0.05) is 12.6 Å². The van der Waals surface area contributed by atoms with Crippen molar-refractivity contribution in [2.24, 2.45) is 16.7 Å². The smallest absolute Gasteiger partial charge is 0.329 e. The number of rotatable bonds is 8. The Morgan fingerprint density at radius 1 is 1.14 bits per heavy atom. The summed E-state index contributed by atoms with van der Waals surface area (Å²) in [6, 6.07) is 2.73. The molecule has 1 heterocycles. The van der Waals surface area contributed by atoms with E-state index in [1.807, 2.05) is 6.92 Å². The van der Waals surface area contributed by atoms with Gasteiger partial charge in [0.15, 0.2) is 11.5 Å². The highest BCUT2D eigenvalue weighted by Crippen LogP contribution is 2.57. The first-order valence-corrected chi connectivity index (χ1v) is 13.2. The average Bonchev–Trinajstić information content (AvgIpc) is 3.38. The van der Waals surface area contributed by atoms with Gasteiger partial charge >= 0.3 is 5.97 Å². The summed E-state index contributed by atoms with van der Waals surface area (Å²) in [5.41, 5.74) is 0.927. The Balaban J connectivity index is 1.53. The van der Waals surface area contributed by atoms with E-state index in [4.69, 9.17) is 4.74 Å². The zero-order chi connectivity index (χ0) is 27.5. The summed E-state index contributed by atoms with van der Waals surface area (Å²) in [6.07, 6.45) is 6.82. The Morgan fingerprint density at radius 3 is 2.46 bits per heavy atom. The van der Waals surface area contributed by atoms with Crippen LogP contribution in [0.5, 0.6) is 11.5 Å². The summed E-state index contributed by atoms with van der Waals surface area (Å²) in [5.74, 6) is -1.25. The zero-order valence-corrected chi connectivity index (χ0v) is 22.9. The lowest BCUT2D eigenvalue weighted by Crippen LogP contribution is -2.50. The molecule has 8 nitrogen and oxygen atoms in total. The number of phenols is 2. The van der Waals surface area contributed by atoms with Crippen molar-refractivity contribution in [3.8, 4) is 11.5 Å². The highest BCUT2D eigenvalue weighted by molar-refractivity contribution is 5.96. The summed E-state index contributed by atoms with van der Waals surface area (Å²) in [5, 5.41) is 21.6. The Morgan fingerprint density at radius 2 is 1.84 bits per heavy atom. The van der Waals surface area contributed by atoms with E-state index in [-0.39, 0.29) is 40.3 Å². The van der Waals surface area contributed by atoms with E-state index in [0.29, 0.717) is 30.9 Å². The number of esters is 1. The van der Waals surface area contributed by atoms with Crippen molar-refractivity contribution in [3.05, 3.63) is 29.8 Å². The summed E-state index contributed by atoms with van der Waals surface area (Å²) >= 11 is 0. The number of nitrogens with zero attached hydrogens (tertiary/aromatic N) is 1. The monoisotopic (exact) mass is 514 g/mol. The van der Waals surface area contributed by atoms with Crippen LogP contribution in [0.4, 0.5) is 0 Å². The molecule has 1 aromatic carbocycles. The first-order valence-electron chi connectivity index (χ1n) is 13.2. The second-order valence-electron chi connectivity index (χ2n) is 11.8. The lowest BCUT2D eigenvalue weighted by Gasteiger charge is -2.40. The molecule has 1 aliphatic carbocycles. The number of phenolic OH excluding ortho intramolecular Hbond substituents is 2. The van der Waals surface area contributed by atoms with Crippen LogP contribution in [0.25, 0.3) is 6.08 Å². The standard InChI is InChI=1S/C29H42N2O6/c1-18(16-21-13-14-28(3,4)29(21,5)6)37-27(36)22-8-7-15-31(22)26(35)19(2)30-25(34)12-10-20-9-11-23(32)24(33)17-20/h9-12,17-19,21-22,32-33H,7-8,13-16H2,1-6H3,(H,30,34)/b12-10+. The fourth-order valence-corrected chi connectivity index (χ4v) is 5.57. The summed E-state index contributed by atoms with van der Waals surface area (Å²) in [6.45, 7) is 13.2. The number of aromatic hydroxyl groups is 2. The van der Waals surface area contributed by atoms with Crippen molar-refractivity contribution >= 4 is 23.9 Å². The topological polar surface area (TPSA) is 116 Å². The van der Waals surface area contributed by atoms with E-state index in [1.54, 1.807) is 13.0 Å². The van der Waals surface area contributed by atoms with Gasteiger partial charge in [0.25, 0.3) is 0 Å². The van der Waals surface area contributed by atoms with Crippen LogP contribution < -0.4 is 5.32 Å². The first kappa shape index (κ1) is 28.5. The predicted molar refractivity (Wildman–Crippen MR) is 142 cm³/mol. The second kappa shape index (κ2) is 11.2. The van der Waals surface area contributed by atoms with Crippen molar-refractivity contribution < 1.29 is 29.3 Å². The maximum atomic E-state index is 13.1. The molecule has 0 radical (unpaired) electrons. The van der Waals surface area contributed by atoms with E-state index in [2.05, 4.69) is 33.0 Å². The number of nitrogens with one attached hydrogen (secondary N) is 1. The van der Waals surface area contributed by atoms with Crippen molar-refractivity contribution in [2.45, 2.75) is 91.8 Å². The van der Waals surface area contributed by atoms with Crippen LogP contribution in [0.3, 0.4) is 0 Å². The van der Waals surface area contributed by atoms with Crippen molar-refractivity contribution in [1.29, 1.82) is 0 Å². The van der Waals surface area contributed by atoms with Gasteiger partial charge in [0.2, 0.25) is 11.8 Å². The fourth-order valence-electron chi connectivity index (χ4n) is 5.57. The third kappa shape index (κ3) is 6.46. The number of hydrogen-bond acceptors (Lipinski definition) is 6. The van der Waals surface area contributed by atoms with Crippen LogP contribution in [-0.4, -0.2) is 57.6 Å². The van der Waals surface area contributed by atoms with Gasteiger partial charge in [-0.1, -0.05) is 33.8 Å². The maximum absolute atomic E-state index is 13.1. The second-order valence-corrected chi connectivity index (χ2v) is 11.8. The minimum atomic E-state index is -0.822. The van der Waals surface area contributed by atoms with Crippen LogP contribution in [-0.2, 0) is 19.1 Å². The Labute approximate surface area is 220 Å². The van der Waals surface area contributed by atoms with Crippen LogP contribution in [0.1, 0.15) is 79.2 Å². The van der Waals surface area contributed by atoms with E-state index in [0.717, 1.165) is 19.3 Å². The average molecular weight is 515 g/mol. The van der Waals surface area contributed by atoms with Crippen LogP contribution >= 0.6 is 0 Å². The summed E-state index contributed by atoms with van der Waals surface area (Å²) in [7, 11) is 0. The molecule has 204 valence electrons. The quantitative estimate of drug-likeness (QED) is 0.269. The normalized spacial score (nSPS) is 24.1. The third-order valence-corrected chi connectivity index (χ3v) is 8.78. The number of carbonyl (C=O) groups is 3. The van der Waals surface area contributed by atoms with Crippen molar-refractivity contribution in [1.82, 2.24) is 10.2 Å². The molecule has 2 aliphatic rings. The molecule has 2 fully saturated rings. The summed E-state index contributed by atoms with van der Waals surface area (Å²) in [4.78, 5) is 40.0. The van der Waals surface area contributed by atoms with Gasteiger partial charge in [-0.05, 0) is 86.5 Å². The number of benzene rings is 1. The SMILES string of the molecule is CC(CC1CCC(C)(C)C1(C)C)OC(=O)C1CCCN1C(=O)C(C)NC(=O)/C=C/c1ccc(O)c(O)c1.